The van der Waals surface area contributed by atoms with E-state index in [1.165, 1.54) is 5.57 Å². The number of carbonyl (C=O) groups is 2. The van der Waals surface area contributed by atoms with Crippen molar-refractivity contribution in [1.29, 1.82) is 0 Å². The molecule has 0 saturated carbocycles. The Labute approximate surface area is 213 Å². The number of carbonyl (C=O) groups excluding carboxylic acids is 2. The third kappa shape index (κ3) is 6.33. The normalized spacial score (nSPS) is 17.7. The van der Waals surface area contributed by atoms with Crippen molar-refractivity contribution in [2.45, 2.75) is 78.1 Å². The van der Waals surface area contributed by atoms with E-state index in [0.29, 0.717) is 26.2 Å². The second-order valence-electron chi connectivity index (χ2n) is 11.6. The number of hydrogen-bond acceptors (Lipinski definition) is 5. The number of amides is 2. The highest BCUT2D eigenvalue weighted by molar-refractivity contribution is 5.96. The van der Waals surface area contributed by atoms with Crippen molar-refractivity contribution in [2.24, 2.45) is 0 Å². The molecule has 0 unspecified atom stereocenters. The van der Waals surface area contributed by atoms with Gasteiger partial charge in [-0.1, -0.05) is 12.1 Å². The molecule has 8 nitrogen and oxygen atoms in total. The Morgan fingerprint density at radius 1 is 0.889 bits per heavy atom. The average Bonchev–Trinajstić information content (AvgIpc) is 3.28. The minimum absolute atomic E-state index is 0.0392. The molecular weight excluding hydrogens is 458 g/mol. The van der Waals surface area contributed by atoms with Gasteiger partial charge in [-0.25, -0.2) is 9.59 Å². The van der Waals surface area contributed by atoms with Crippen LogP contribution < -0.4 is 4.74 Å². The van der Waals surface area contributed by atoms with E-state index in [-0.39, 0.29) is 18.3 Å². The molecule has 36 heavy (non-hydrogen) atoms. The second kappa shape index (κ2) is 10.1. The highest BCUT2D eigenvalue weighted by Crippen LogP contribution is 2.35. The van der Waals surface area contributed by atoms with Gasteiger partial charge in [-0.05, 0) is 71.2 Å². The van der Waals surface area contributed by atoms with Crippen LogP contribution in [0, 0.1) is 0 Å². The molecule has 1 fully saturated rings. The molecule has 2 aliphatic rings. The molecule has 8 heteroatoms. The van der Waals surface area contributed by atoms with Gasteiger partial charge in [0.05, 0.1) is 5.52 Å². The number of benzene rings is 1. The first-order valence-electron chi connectivity index (χ1n) is 12.8. The number of rotatable bonds is 3. The van der Waals surface area contributed by atoms with Gasteiger partial charge in [-0.2, -0.15) is 0 Å². The summed E-state index contributed by atoms with van der Waals surface area (Å²) in [4.78, 5) is 31.6. The summed E-state index contributed by atoms with van der Waals surface area (Å²) < 4.78 is 17.4. The molecule has 1 aromatic carbocycles. The number of hydrogen-bond donors (Lipinski definition) is 1. The van der Waals surface area contributed by atoms with Gasteiger partial charge >= 0.3 is 12.2 Å². The van der Waals surface area contributed by atoms with Gasteiger partial charge in [0, 0.05) is 50.6 Å². The lowest BCUT2D eigenvalue weighted by Crippen LogP contribution is -2.44. The third-order valence-electron chi connectivity index (χ3n) is 6.28. The first-order chi connectivity index (χ1) is 16.9. The molecule has 0 atom stereocenters. The Kier molecular flexibility index (Phi) is 7.25. The van der Waals surface area contributed by atoms with E-state index in [1.54, 1.807) is 9.80 Å². The minimum atomic E-state index is -0.499. The van der Waals surface area contributed by atoms with E-state index in [1.807, 2.05) is 53.8 Å². The largest absolute Gasteiger partial charge is 0.488 e. The van der Waals surface area contributed by atoms with E-state index >= 15 is 0 Å². The quantitative estimate of drug-likeness (QED) is 0.565. The number of piperidine rings is 1. The molecule has 2 aliphatic heterocycles. The number of likely N-dealkylation sites (tertiary alicyclic amines) is 1. The lowest BCUT2D eigenvalue weighted by atomic mass is 9.96. The molecule has 0 spiro atoms. The smallest absolute Gasteiger partial charge is 0.410 e. The van der Waals surface area contributed by atoms with Crippen LogP contribution in [0.5, 0.6) is 5.75 Å². The summed E-state index contributed by atoms with van der Waals surface area (Å²) in [5.74, 6) is 0.821. The van der Waals surface area contributed by atoms with E-state index in [9.17, 15) is 9.59 Å². The van der Waals surface area contributed by atoms with Crippen molar-refractivity contribution >= 4 is 28.7 Å². The van der Waals surface area contributed by atoms with Crippen LogP contribution in [0.25, 0.3) is 16.5 Å². The first-order valence-corrected chi connectivity index (χ1v) is 12.8. The molecular formula is C28H39N3O5. The van der Waals surface area contributed by atoms with Gasteiger partial charge in [0.2, 0.25) is 0 Å². The average molecular weight is 498 g/mol. The maximum absolute atomic E-state index is 12.4. The fourth-order valence-electron chi connectivity index (χ4n) is 4.58. The zero-order chi connectivity index (χ0) is 26.1. The Balaban J connectivity index is 1.40. The molecule has 1 saturated heterocycles. The molecule has 0 bridgehead atoms. The standard InChI is InChI=1S/C28H39N3O5/c1-27(2,3)35-25(32)30-15-10-19(11-16-30)21-7-8-23(24-22(21)9-14-29-24)34-20-12-17-31(18-13-20)26(33)36-28(4,5)6/h7-10,14,20,29H,11-13,15-18H2,1-6H3. The van der Waals surface area contributed by atoms with Crippen LogP contribution in [0.3, 0.4) is 0 Å². The minimum Gasteiger partial charge on any atom is -0.488 e. The van der Waals surface area contributed by atoms with Crippen molar-refractivity contribution in [3.05, 3.63) is 36.0 Å². The lowest BCUT2D eigenvalue weighted by molar-refractivity contribution is 0.0127. The Bertz CT molecular complexity index is 1130. The van der Waals surface area contributed by atoms with Crippen molar-refractivity contribution < 1.29 is 23.8 Å². The highest BCUT2D eigenvalue weighted by atomic mass is 16.6. The van der Waals surface area contributed by atoms with Gasteiger partial charge in [0.1, 0.15) is 23.1 Å². The van der Waals surface area contributed by atoms with Gasteiger partial charge in [-0.3, -0.25) is 0 Å². The topological polar surface area (TPSA) is 84.1 Å². The first kappa shape index (κ1) is 25.9. The Morgan fingerprint density at radius 3 is 2.11 bits per heavy atom. The number of nitrogens with one attached hydrogen (secondary N) is 1. The monoisotopic (exact) mass is 497 g/mol. The summed E-state index contributed by atoms with van der Waals surface area (Å²) in [7, 11) is 0. The molecule has 0 radical (unpaired) electrons. The predicted molar refractivity (Wildman–Crippen MR) is 140 cm³/mol. The maximum atomic E-state index is 12.4. The van der Waals surface area contributed by atoms with Crippen molar-refractivity contribution in [3.8, 4) is 5.75 Å². The van der Waals surface area contributed by atoms with Crippen molar-refractivity contribution in [1.82, 2.24) is 14.8 Å². The third-order valence-corrected chi connectivity index (χ3v) is 6.28. The summed E-state index contributed by atoms with van der Waals surface area (Å²) in [5.41, 5.74) is 2.35. The van der Waals surface area contributed by atoms with Crippen LogP contribution in [-0.2, 0) is 9.47 Å². The van der Waals surface area contributed by atoms with Gasteiger partial charge in [0.25, 0.3) is 0 Å². The fourth-order valence-corrected chi connectivity index (χ4v) is 4.58. The maximum Gasteiger partial charge on any atom is 0.410 e. The van der Waals surface area contributed by atoms with Crippen molar-refractivity contribution in [2.75, 3.05) is 26.2 Å². The SMILES string of the molecule is CC(C)(C)OC(=O)N1CC=C(c2ccc(OC3CCN(C(=O)OC(C)(C)C)CC3)c3[nH]ccc23)CC1. The number of aromatic nitrogens is 1. The van der Waals surface area contributed by atoms with Crippen LogP contribution >= 0.6 is 0 Å². The van der Waals surface area contributed by atoms with Gasteiger partial charge < -0.3 is 29.0 Å². The van der Waals surface area contributed by atoms with E-state index in [0.717, 1.165) is 41.5 Å². The number of nitrogens with zero attached hydrogens (tertiary/aromatic N) is 2. The zero-order valence-corrected chi connectivity index (χ0v) is 22.3. The van der Waals surface area contributed by atoms with Crippen LogP contribution in [-0.4, -0.2) is 70.5 Å². The lowest BCUT2D eigenvalue weighted by Gasteiger charge is -2.33. The predicted octanol–water partition coefficient (Wildman–Crippen LogP) is 5.97. The van der Waals surface area contributed by atoms with E-state index < -0.39 is 11.2 Å². The van der Waals surface area contributed by atoms with Crippen molar-refractivity contribution in [3.63, 3.8) is 0 Å². The van der Waals surface area contributed by atoms with Crippen LogP contribution in [0.4, 0.5) is 9.59 Å². The summed E-state index contributed by atoms with van der Waals surface area (Å²) in [6, 6.07) is 6.20. The Hall–Kier alpha value is -3.16. The van der Waals surface area contributed by atoms with E-state index in [2.05, 4.69) is 23.2 Å². The van der Waals surface area contributed by atoms with Gasteiger partial charge in [0.15, 0.2) is 0 Å². The summed E-state index contributed by atoms with van der Waals surface area (Å²) in [6.45, 7) is 13.7. The summed E-state index contributed by atoms with van der Waals surface area (Å²) in [6.07, 6.45) is 5.84. The summed E-state index contributed by atoms with van der Waals surface area (Å²) in [5, 5.41) is 1.11. The number of aromatic amines is 1. The molecule has 3 heterocycles. The molecule has 2 aromatic rings. The molecule has 2 amide bonds. The molecule has 1 N–H and O–H groups in total. The number of fused-ring (bicyclic) bond motifs is 1. The van der Waals surface area contributed by atoms with Crippen LogP contribution in [0.15, 0.2) is 30.5 Å². The van der Waals surface area contributed by atoms with Gasteiger partial charge in [-0.15, -0.1) is 0 Å². The zero-order valence-electron chi connectivity index (χ0n) is 22.3. The second-order valence-corrected chi connectivity index (χ2v) is 11.6. The molecule has 196 valence electrons. The van der Waals surface area contributed by atoms with Crippen LogP contribution in [0.2, 0.25) is 0 Å². The van der Waals surface area contributed by atoms with Crippen LogP contribution in [0.1, 0.15) is 66.4 Å². The molecule has 0 aliphatic carbocycles. The fraction of sp³-hybridized carbons (Fsp3) is 0.571. The summed E-state index contributed by atoms with van der Waals surface area (Å²) >= 11 is 0. The highest BCUT2D eigenvalue weighted by Gasteiger charge is 2.29. The van der Waals surface area contributed by atoms with E-state index in [4.69, 9.17) is 14.2 Å². The number of ether oxygens (including phenoxy) is 3. The number of H-pyrrole nitrogens is 1. The molecule has 1 aromatic heterocycles. The molecule has 4 rings (SSSR count). The Morgan fingerprint density at radius 2 is 1.53 bits per heavy atom.